The normalized spacial score (nSPS) is 36.5. The maximum atomic E-state index is 10.8. The Balaban J connectivity index is 2.04. The van der Waals surface area contributed by atoms with Crippen LogP contribution in [-0.4, -0.2) is 43.8 Å². The van der Waals surface area contributed by atoms with Crippen molar-refractivity contribution in [3.05, 3.63) is 12.7 Å². The van der Waals surface area contributed by atoms with Gasteiger partial charge >= 0.3 is 0 Å². The van der Waals surface area contributed by atoms with E-state index in [0.717, 1.165) is 19.1 Å². The quantitative estimate of drug-likeness (QED) is 0.529. The number of hydrogen-bond acceptors (Lipinski definition) is 5. The largest absolute Gasteiger partial charge is 0.353 e. The molecule has 2 rings (SSSR count). The molecule has 20 heavy (non-hydrogen) atoms. The Hall–Kier alpha value is -0.750. The molecule has 2 saturated heterocycles. The van der Waals surface area contributed by atoms with Crippen LogP contribution in [0.3, 0.4) is 0 Å². The molecule has 5 nitrogen and oxygen atoms in total. The smallest absolute Gasteiger partial charge is 0.186 e. The van der Waals surface area contributed by atoms with Gasteiger partial charge in [0.15, 0.2) is 12.1 Å². The first-order valence-corrected chi connectivity index (χ1v) is 7.09. The van der Waals surface area contributed by atoms with Gasteiger partial charge in [-0.05, 0) is 32.6 Å². The van der Waals surface area contributed by atoms with Crippen LogP contribution in [0.5, 0.6) is 0 Å². The van der Waals surface area contributed by atoms with Gasteiger partial charge in [-0.3, -0.25) is 0 Å². The van der Waals surface area contributed by atoms with E-state index in [9.17, 15) is 4.79 Å². The summed E-state index contributed by atoms with van der Waals surface area (Å²) in [6.45, 7) is 7.52. The SMILES string of the molecule is C=CC[C@H](CC=O)C[C@H]1O[C@@H](OC)[C@H]2OC(C)(C)OC12. The molecule has 5 heteroatoms. The fourth-order valence-electron chi connectivity index (χ4n) is 3.01. The summed E-state index contributed by atoms with van der Waals surface area (Å²) in [4.78, 5) is 10.8. The minimum Gasteiger partial charge on any atom is -0.353 e. The van der Waals surface area contributed by atoms with Crippen LogP contribution < -0.4 is 0 Å². The predicted molar refractivity (Wildman–Crippen MR) is 73.1 cm³/mol. The Morgan fingerprint density at radius 3 is 2.60 bits per heavy atom. The van der Waals surface area contributed by atoms with Gasteiger partial charge in [-0.25, -0.2) is 0 Å². The summed E-state index contributed by atoms with van der Waals surface area (Å²) in [5.74, 6) is -0.397. The number of methoxy groups -OCH3 is 1. The molecular weight excluding hydrogens is 260 g/mol. The zero-order valence-corrected chi connectivity index (χ0v) is 12.4. The third-order valence-electron chi connectivity index (χ3n) is 3.83. The van der Waals surface area contributed by atoms with E-state index in [1.807, 2.05) is 19.9 Å². The highest BCUT2D eigenvalue weighted by molar-refractivity contribution is 5.49. The third kappa shape index (κ3) is 3.28. The lowest BCUT2D eigenvalue weighted by Gasteiger charge is -2.25. The molecule has 2 aliphatic rings. The molecule has 0 aromatic rings. The van der Waals surface area contributed by atoms with Crippen LogP contribution in [0.25, 0.3) is 0 Å². The summed E-state index contributed by atoms with van der Waals surface area (Å²) in [5, 5.41) is 0. The Morgan fingerprint density at radius 2 is 2.00 bits per heavy atom. The van der Waals surface area contributed by atoms with Crippen LogP contribution in [0.2, 0.25) is 0 Å². The minimum absolute atomic E-state index is 0.114. The number of hydrogen-bond donors (Lipinski definition) is 0. The topological polar surface area (TPSA) is 54.0 Å². The summed E-state index contributed by atoms with van der Waals surface area (Å²) in [6.07, 6.45) is 3.95. The van der Waals surface area contributed by atoms with E-state index in [0.29, 0.717) is 6.42 Å². The molecule has 5 atom stereocenters. The summed E-state index contributed by atoms with van der Waals surface area (Å²) in [5.41, 5.74) is 0. The molecule has 2 fully saturated rings. The third-order valence-corrected chi connectivity index (χ3v) is 3.83. The van der Waals surface area contributed by atoms with Gasteiger partial charge < -0.3 is 23.7 Å². The van der Waals surface area contributed by atoms with E-state index in [1.54, 1.807) is 7.11 Å². The molecular formula is C15H24O5. The van der Waals surface area contributed by atoms with Crippen molar-refractivity contribution in [2.24, 2.45) is 5.92 Å². The Kier molecular flexibility index (Phi) is 4.96. The zero-order chi connectivity index (χ0) is 14.8. The van der Waals surface area contributed by atoms with Gasteiger partial charge in [0.25, 0.3) is 0 Å². The van der Waals surface area contributed by atoms with Crippen LogP contribution in [0, 0.1) is 5.92 Å². The van der Waals surface area contributed by atoms with E-state index < -0.39 is 12.1 Å². The first-order valence-electron chi connectivity index (χ1n) is 7.09. The fraction of sp³-hybridized carbons (Fsp3) is 0.800. The van der Waals surface area contributed by atoms with Crippen LogP contribution in [0.1, 0.15) is 33.1 Å². The van der Waals surface area contributed by atoms with E-state index in [2.05, 4.69) is 6.58 Å². The molecule has 2 heterocycles. The van der Waals surface area contributed by atoms with Crippen molar-refractivity contribution >= 4 is 6.29 Å². The minimum atomic E-state index is -0.618. The van der Waals surface area contributed by atoms with Crippen LogP contribution in [0.15, 0.2) is 12.7 Å². The number of carbonyl (C=O) groups is 1. The van der Waals surface area contributed by atoms with Crippen LogP contribution in [-0.2, 0) is 23.7 Å². The highest BCUT2D eigenvalue weighted by Gasteiger charge is 2.55. The van der Waals surface area contributed by atoms with Gasteiger partial charge in [0.2, 0.25) is 0 Å². The highest BCUT2D eigenvalue weighted by atomic mass is 16.8. The molecule has 2 aliphatic heterocycles. The molecule has 0 amide bonds. The van der Waals surface area contributed by atoms with Gasteiger partial charge in [-0.15, -0.1) is 6.58 Å². The van der Waals surface area contributed by atoms with E-state index in [1.165, 1.54) is 0 Å². The second-order valence-corrected chi connectivity index (χ2v) is 5.87. The lowest BCUT2D eigenvalue weighted by Crippen LogP contribution is -2.31. The van der Waals surface area contributed by atoms with Gasteiger partial charge in [0.1, 0.15) is 18.5 Å². The second-order valence-electron chi connectivity index (χ2n) is 5.87. The maximum Gasteiger partial charge on any atom is 0.186 e. The molecule has 0 radical (unpaired) electrons. The van der Waals surface area contributed by atoms with Crippen molar-refractivity contribution in [1.82, 2.24) is 0 Å². The monoisotopic (exact) mass is 284 g/mol. The van der Waals surface area contributed by atoms with Crippen molar-refractivity contribution in [3.63, 3.8) is 0 Å². The van der Waals surface area contributed by atoms with Crippen LogP contribution >= 0.6 is 0 Å². The predicted octanol–water partition coefficient (Wildman–Crippen LogP) is 2.05. The van der Waals surface area contributed by atoms with Crippen molar-refractivity contribution in [2.45, 2.75) is 63.5 Å². The standard InChI is InChI=1S/C15H24O5/c1-5-6-10(7-8-16)9-11-12-13(14(17-4)18-11)20-15(2,3)19-12/h5,8,10-14H,1,6-7,9H2,2-4H3/t10-,11-,12?,13+,14-/m1/s1. The first-order chi connectivity index (χ1) is 9.50. The summed E-state index contributed by atoms with van der Waals surface area (Å²) in [6, 6.07) is 0. The number of carbonyl (C=O) groups excluding carboxylic acids is 1. The maximum absolute atomic E-state index is 10.8. The van der Waals surface area contributed by atoms with Gasteiger partial charge in [-0.1, -0.05) is 6.08 Å². The molecule has 1 unspecified atom stereocenters. The molecule has 0 bridgehead atoms. The average molecular weight is 284 g/mol. The lowest BCUT2D eigenvalue weighted by atomic mass is 9.92. The Labute approximate surface area is 120 Å². The van der Waals surface area contributed by atoms with E-state index in [-0.39, 0.29) is 24.2 Å². The molecule has 0 aromatic heterocycles. The van der Waals surface area contributed by atoms with Crippen molar-refractivity contribution in [1.29, 1.82) is 0 Å². The van der Waals surface area contributed by atoms with Crippen LogP contribution in [0.4, 0.5) is 0 Å². The zero-order valence-electron chi connectivity index (χ0n) is 12.4. The molecule has 0 aromatic carbocycles. The fourth-order valence-corrected chi connectivity index (χ4v) is 3.01. The molecule has 0 saturated carbocycles. The number of allylic oxidation sites excluding steroid dienone is 1. The van der Waals surface area contributed by atoms with Crippen molar-refractivity contribution in [3.8, 4) is 0 Å². The first kappa shape index (κ1) is 15.6. The number of aldehydes is 1. The Morgan fingerprint density at radius 1 is 1.30 bits per heavy atom. The number of fused-ring (bicyclic) bond motifs is 1. The van der Waals surface area contributed by atoms with Crippen molar-refractivity contribution < 1.29 is 23.7 Å². The van der Waals surface area contributed by atoms with Gasteiger partial charge in [-0.2, -0.15) is 0 Å². The van der Waals surface area contributed by atoms with E-state index >= 15 is 0 Å². The summed E-state index contributed by atoms with van der Waals surface area (Å²) in [7, 11) is 1.60. The van der Waals surface area contributed by atoms with E-state index in [4.69, 9.17) is 18.9 Å². The Bertz CT molecular complexity index is 344. The highest BCUT2D eigenvalue weighted by Crippen LogP contribution is 2.41. The molecule has 0 N–H and O–H groups in total. The summed E-state index contributed by atoms with van der Waals surface area (Å²) >= 11 is 0. The van der Waals surface area contributed by atoms with Gasteiger partial charge in [0.05, 0.1) is 6.10 Å². The van der Waals surface area contributed by atoms with Crippen molar-refractivity contribution in [2.75, 3.05) is 7.11 Å². The molecule has 0 aliphatic carbocycles. The summed E-state index contributed by atoms with van der Waals surface area (Å²) < 4.78 is 23.0. The number of rotatable bonds is 7. The lowest BCUT2D eigenvalue weighted by molar-refractivity contribution is -0.228. The second kappa shape index (κ2) is 6.35. The average Bonchev–Trinajstić information content (AvgIpc) is 2.84. The molecule has 0 spiro atoms. The molecule has 114 valence electrons. The van der Waals surface area contributed by atoms with Gasteiger partial charge in [0, 0.05) is 13.5 Å². The number of ether oxygens (including phenoxy) is 4.